The summed E-state index contributed by atoms with van der Waals surface area (Å²) in [7, 11) is 3.16. The molecule has 7 heteroatoms. The number of thioether (sulfide) groups is 1. The van der Waals surface area contributed by atoms with Gasteiger partial charge in [-0.2, -0.15) is 5.10 Å². The molecular weight excluding hydrogens is 410 g/mol. The third kappa shape index (κ3) is 6.79. The molecule has 0 fully saturated rings. The van der Waals surface area contributed by atoms with E-state index in [1.165, 1.54) is 17.3 Å². The van der Waals surface area contributed by atoms with E-state index in [-0.39, 0.29) is 0 Å². The van der Waals surface area contributed by atoms with Gasteiger partial charge in [0.2, 0.25) is 5.75 Å². The summed E-state index contributed by atoms with van der Waals surface area (Å²) in [6, 6.07) is 23.6. The molecule has 0 atom stereocenters. The average Bonchev–Trinajstić information content (AvgIpc) is 2.82. The Morgan fingerprint density at radius 2 is 1.55 bits per heavy atom. The minimum Gasteiger partial charge on any atom is -0.493 e. The smallest absolute Gasteiger partial charge is 0.203 e. The third-order valence-corrected chi connectivity index (χ3v) is 5.15. The molecule has 0 aliphatic carbocycles. The van der Waals surface area contributed by atoms with Crippen molar-refractivity contribution < 1.29 is 14.2 Å². The first-order chi connectivity index (χ1) is 15.2. The maximum Gasteiger partial charge on any atom is 0.203 e. The second-order valence-corrected chi connectivity index (χ2v) is 7.48. The molecule has 6 nitrogen and oxygen atoms in total. The number of rotatable bonds is 9. The lowest BCUT2D eigenvalue weighted by Gasteiger charge is -2.15. The lowest BCUT2D eigenvalue weighted by Crippen LogP contribution is -2.06. The summed E-state index contributed by atoms with van der Waals surface area (Å²) < 4.78 is 16.9. The minimum atomic E-state index is 0.390. The first kappa shape index (κ1) is 22.2. The van der Waals surface area contributed by atoms with E-state index in [9.17, 15) is 0 Å². The first-order valence-electron chi connectivity index (χ1n) is 9.65. The monoisotopic (exact) mass is 435 g/mol. The molecule has 3 aromatic rings. The zero-order chi connectivity index (χ0) is 21.9. The number of ether oxygens (including phenoxy) is 3. The van der Waals surface area contributed by atoms with E-state index in [0.717, 1.165) is 16.9 Å². The number of nitrogens with two attached hydrogens (primary N) is 1. The van der Waals surface area contributed by atoms with Crippen molar-refractivity contribution >= 4 is 23.1 Å². The SMILES string of the molecule is COc1cc(C=NN=C(N)SCc2ccccc2)cc(OCc2ccccc2)c1OC. The quantitative estimate of drug-likeness (QED) is 0.295. The fraction of sp³-hybridized carbons (Fsp3) is 0.167. The van der Waals surface area contributed by atoms with E-state index in [4.69, 9.17) is 19.9 Å². The third-order valence-electron chi connectivity index (χ3n) is 4.30. The van der Waals surface area contributed by atoms with Gasteiger partial charge < -0.3 is 19.9 Å². The van der Waals surface area contributed by atoms with Crippen LogP contribution in [-0.4, -0.2) is 25.6 Å². The van der Waals surface area contributed by atoms with Gasteiger partial charge >= 0.3 is 0 Å². The van der Waals surface area contributed by atoms with Crippen LogP contribution in [0, 0.1) is 0 Å². The Hall–Kier alpha value is -3.45. The molecule has 0 radical (unpaired) electrons. The number of amidine groups is 1. The Balaban J connectivity index is 1.70. The summed E-state index contributed by atoms with van der Waals surface area (Å²) in [5.41, 5.74) is 8.94. The van der Waals surface area contributed by atoms with Gasteiger partial charge in [-0.1, -0.05) is 72.4 Å². The van der Waals surface area contributed by atoms with Gasteiger partial charge in [0.05, 0.1) is 20.4 Å². The molecule has 0 saturated carbocycles. The standard InChI is InChI=1S/C24H25N3O3S/c1-28-21-13-20(15-26-27-24(25)31-17-19-11-7-4-8-12-19)14-22(23(21)29-2)30-16-18-9-5-3-6-10-18/h3-15H,16-17H2,1-2H3,(H2,25,27). The van der Waals surface area contributed by atoms with Crippen LogP contribution < -0.4 is 19.9 Å². The summed E-state index contributed by atoms with van der Waals surface area (Å²) in [4.78, 5) is 0. The second-order valence-electron chi connectivity index (χ2n) is 6.49. The number of nitrogens with zero attached hydrogens (tertiary/aromatic N) is 2. The summed E-state index contributed by atoms with van der Waals surface area (Å²) in [6.45, 7) is 0.405. The topological polar surface area (TPSA) is 78.4 Å². The Bertz CT molecular complexity index is 1020. The molecule has 0 aromatic heterocycles. The van der Waals surface area contributed by atoms with Crippen molar-refractivity contribution in [3.05, 3.63) is 89.5 Å². The van der Waals surface area contributed by atoms with Gasteiger partial charge in [0.15, 0.2) is 16.7 Å². The highest BCUT2D eigenvalue weighted by Crippen LogP contribution is 2.38. The molecule has 0 amide bonds. The normalized spacial score (nSPS) is 11.5. The fourth-order valence-corrected chi connectivity index (χ4v) is 3.39. The first-order valence-corrected chi connectivity index (χ1v) is 10.6. The van der Waals surface area contributed by atoms with Gasteiger partial charge in [-0.25, -0.2) is 0 Å². The van der Waals surface area contributed by atoms with E-state index in [0.29, 0.717) is 29.0 Å². The van der Waals surface area contributed by atoms with Gasteiger partial charge in [-0.05, 0) is 23.3 Å². The average molecular weight is 436 g/mol. The summed E-state index contributed by atoms with van der Waals surface area (Å²) >= 11 is 1.43. The zero-order valence-corrected chi connectivity index (χ0v) is 18.3. The van der Waals surface area contributed by atoms with Gasteiger partial charge in [0, 0.05) is 11.3 Å². The highest BCUT2D eigenvalue weighted by Gasteiger charge is 2.13. The molecule has 2 N–H and O–H groups in total. The summed E-state index contributed by atoms with van der Waals surface area (Å²) in [6.07, 6.45) is 1.60. The highest BCUT2D eigenvalue weighted by atomic mass is 32.2. The number of methoxy groups -OCH3 is 2. The van der Waals surface area contributed by atoms with Gasteiger partial charge in [-0.15, -0.1) is 5.10 Å². The van der Waals surface area contributed by atoms with Crippen LogP contribution in [0.3, 0.4) is 0 Å². The summed E-state index contributed by atoms with van der Waals surface area (Å²) in [5.74, 6) is 2.36. The van der Waals surface area contributed by atoms with E-state index in [1.54, 1.807) is 26.5 Å². The molecule has 3 rings (SSSR count). The Morgan fingerprint density at radius 1 is 0.903 bits per heavy atom. The molecule has 0 aliphatic heterocycles. The molecule has 3 aromatic carbocycles. The minimum absolute atomic E-state index is 0.390. The maximum atomic E-state index is 5.98. The molecule has 0 saturated heterocycles. The van der Waals surface area contributed by atoms with E-state index < -0.39 is 0 Å². The Kier molecular flexibility index (Phi) is 8.37. The van der Waals surface area contributed by atoms with E-state index >= 15 is 0 Å². The predicted molar refractivity (Wildman–Crippen MR) is 127 cm³/mol. The van der Waals surface area contributed by atoms with Crippen LogP contribution in [0.25, 0.3) is 0 Å². The van der Waals surface area contributed by atoms with Crippen LogP contribution in [0.4, 0.5) is 0 Å². The van der Waals surface area contributed by atoms with Crippen LogP contribution >= 0.6 is 11.8 Å². The van der Waals surface area contributed by atoms with E-state index in [1.807, 2.05) is 66.7 Å². The van der Waals surface area contributed by atoms with Crippen LogP contribution in [0.1, 0.15) is 16.7 Å². The van der Waals surface area contributed by atoms with Gasteiger partial charge in [-0.3, -0.25) is 0 Å². The van der Waals surface area contributed by atoms with Crippen LogP contribution in [0.15, 0.2) is 83.0 Å². The van der Waals surface area contributed by atoms with Crippen molar-refractivity contribution in [1.82, 2.24) is 0 Å². The molecule has 31 heavy (non-hydrogen) atoms. The van der Waals surface area contributed by atoms with Crippen LogP contribution in [0.2, 0.25) is 0 Å². The molecule has 0 unspecified atom stereocenters. The second kappa shape index (κ2) is 11.7. The predicted octanol–water partition coefficient (Wildman–Crippen LogP) is 4.86. The maximum absolute atomic E-state index is 5.98. The van der Waals surface area contributed by atoms with Crippen LogP contribution in [0.5, 0.6) is 17.2 Å². The molecule has 0 bridgehead atoms. The van der Waals surface area contributed by atoms with Crippen LogP contribution in [-0.2, 0) is 12.4 Å². The van der Waals surface area contributed by atoms with E-state index in [2.05, 4.69) is 10.2 Å². The molecule has 0 heterocycles. The lowest BCUT2D eigenvalue weighted by molar-refractivity contribution is 0.275. The molecule has 0 aliphatic rings. The highest BCUT2D eigenvalue weighted by molar-refractivity contribution is 8.13. The molecule has 160 valence electrons. The molecular formula is C24H25N3O3S. The Morgan fingerprint density at radius 3 is 2.19 bits per heavy atom. The van der Waals surface area contributed by atoms with Gasteiger partial charge in [0.1, 0.15) is 6.61 Å². The van der Waals surface area contributed by atoms with Crippen molar-refractivity contribution in [3.63, 3.8) is 0 Å². The largest absolute Gasteiger partial charge is 0.493 e. The Labute approximate surface area is 186 Å². The van der Waals surface area contributed by atoms with Crippen molar-refractivity contribution in [1.29, 1.82) is 0 Å². The van der Waals surface area contributed by atoms with Gasteiger partial charge in [0.25, 0.3) is 0 Å². The number of benzene rings is 3. The number of hydrogen-bond donors (Lipinski definition) is 1. The number of hydrogen-bond acceptors (Lipinski definition) is 6. The van der Waals surface area contributed by atoms with Crippen molar-refractivity contribution in [3.8, 4) is 17.2 Å². The molecule has 0 spiro atoms. The van der Waals surface area contributed by atoms with Crippen molar-refractivity contribution in [2.45, 2.75) is 12.4 Å². The summed E-state index contributed by atoms with van der Waals surface area (Å²) in [5, 5.41) is 8.57. The fourth-order valence-electron chi connectivity index (χ4n) is 2.78. The zero-order valence-electron chi connectivity index (χ0n) is 17.5. The van der Waals surface area contributed by atoms with Crippen molar-refractivity contribution in [2.24, 2.45) is 15.9 Å². The van der Waals surface area contributed by atoms with Crippen molar-refractivity contribution in [2.75, 3.05) is 14.2 Å². The lowest BCUT2D eigenvalue weighted by atomic mass is 10.2.